The molecule has 0 aromatic heterocycles. The molecule has 5 heteroatoms. The van der Waals surface area contributed by atoms with E-state index in [1.807, 2.05) is 13.1 Å². The molecule has 4 nitrogen and oxygen atoms in total. The van der Waals surface area contributed by atoms with Crippen LogP contribution < -0.4 is 0 Å². The molecule has 0 bridgehead atoms. The molecule has 0 radical (unpaired) electrons. The quantitative estimate of drug-likeness (QED) is 0.607. The highest BCUT2D eigenvalue weighted by atomic mass is 79.9. The third kappa shape index (κ3) is 3.37. The van der Waals surface area contributed by atoms with Crippen LogP contribution in [0.5, 0.6) is 5.75 Å². The number of nitrogens with zero attached hydrogens (tertiary/aromatic N) is 1. The van der Waals surface area contributed by atoms with Gasteiger partial charge < -0.3 is 10.0 Å². The summed E-state index contributed by atoms with van der Waals surface area (Å²) in [5, 5.41) is 10.7. The number of phenolic OH excluding ortho intramolecular Hbond substituents is 1. The summed E-state index contributed by atoms with van der Waals surface area (Å²) in [6.45, 7) is 8.48. The van der Waals surface area contributed by atoms with Crippen LogP contribution >= 0.6 is 15.9 Å². The summed E-state index contributed by atoms with van der Waals surface area (Å²) < 4.78 is 0.820. The maximum Gasteiger partial charge on any atom is 0.162 e. The second kappa shape index (κ2) is 6.56. The summed E-state index contributed by atoms with van der Waals surface area (Å²) in [7, 11) is 1.99. The van der Waals surface area contributed by atoms with Gasteiger partial charge in [0, 0.05) is 58.4 Å². The zero-order chi connectivity index (χ0) is 21.3. The van der Waals surface area contributed by atoms with Gasteiger partial charge in [0.2, 0.25) is 0 Å². The standard InChI is InChI=1S/C24H28BrNO3/c1-23(2)9-15-21(18(28)11-23)20(14-8-13(25)6-7-17(14)27)22-16(26(15)5)10-24(3,4)12-19(22)29/h6-8,20,27H,9-12H2,1-5H3. The van der Waals surface area contributed by atoms with Crippen LogP contribution in [0.2, 0.25) is 0 Å². The van der Waals surface area contributed by atoms with Crippen LogP contribution in [-0.2, 0) is 9.59 Å². The fourth-order valence-corrected chi connectivity index (χ4v) is 5.61. The van der Waals surface area contributed by atoms with Gasteiger partial charge in [0.25, 0.3) is 0 Å². The summed E-state index contributed by atoms with van der Waals surface area (Å²) in [4.78, 5) is 28.8. The van der Waals surface area contributed by atoms with Gasteiger partial charge in [-0.3, -0.25) is 9.59 Å². The molecular formula is C24H28BrNO3. The molecule has 1 N–H and O–H groups in total. The van der Waals surface area contributed by atoms with Crippen LogP contribution in [0.3, 0.4) is 0 Å². The Balaban J connectivity index is 2.01. The first kappa shape index (κ1) is 20.4. The number of benzene rings is 1. The molecule has 0 saturated heterocycles. The van der Waals surface area contributed by atoms with Gasteiger partial charge in [-0.15, -0.1) is 0 Å². The first-order valence-corrected chi connectivity index (χ1v) is 10.9. The van der Waals surface area contributed by atoms with E-state index < -0.39 is 5.92 Å². The molecule has 3 aliphatic rings. The van der Waals surface area contributed by atoms with E-state index in [0.29, 0.717) is 29.6 Å². The number of hydrogen-bond donors (Lipinski definition) is 1. The Morgan fingerprint density at radius 3 is 1.90 bits per heavy atom. The lowest BCUT2D eigenvalue weighted by Gasteiger charge is -2.47. The Morgan fingerprint density at radius 2 is 1.41 bits per heavy atom. The van der Waals surface area contributed by atoms with E-state index >= 15 is 0 Å². The molecule has 0 unspecified atom stereocenters. The molecule has 1 heterocycles. The van der Waals surface area contributed by atoms with Crippen molar-refractivity contribution < 1.29 is 14.7 Å². The van der Waals surface area contributed by atoms with Crippen LogP contribution in [0.15, 0.2) is 45.2 Å². The maximum absolute atomic E-state index is 13.4. The van der Waals surface area contributed by atoms with Crippen molar-refractivity contribution in [2.75, 3.05) is 7.05 Å². The normalized spacial score (nSPS) is 24.0. The van der Waals surface area contributed by atoms with Gasteiger partial charge in [0.1, 0.15) is 5.75 Å². The summed E-state index contributed by atoms with van der Waals surface area (Å²) in [6.07, 6.45) is 2.46. The van der Waals surface area contributed by atoms with Crippen LogP contribution in [0.1, 0.15) is 64.9 Å². The highest BCUT2D eigenvalue weighted by Gasteiger charge is 2.48. The van der Waals surface area contributed by atoms with Gasteiger partial charge in [0.05, 0.1) is 0 Å². The molecule has 0 atom stereocenters. The van der Waals surface area contributed by atoms with Crippen molar-refractivity contribution in [3.8, 4) is 5.75 Å². The Kier molecular flexibility index (Phi) is 4.61. The smallest absolute Gasteiger partial charge is 0.162 e. The molecule has 4 rings (SSSR count). The summed E-state index contributed by atoms with van der Waals surface area (Å²) in [5.41, 5.74) is 3.76. The molecule has 1 aromatic carbocycles. The number of allylic oxidation sites excluding steroid dienone is 4. The molecule has 0 amide bonds. The number of carbonyl (C=O) groups excluding carboxylic acids is 2. The topological polar surface area (TPSA) is 57.6 Å². The Labute approximate surface area is 180 Å². The predicted molar refractivity (Wildman–Crippen MR) is 116 cm³/mol. The minimum absolute atomic E-state index is 0.0802. The molecule has 1 aromatic rings. The second-order valence-electron chi connectivity index (χ2n) is 10.3. The zero-order valence-electron chi connectivity index (χ0n) is 17.7. The van der Waals surface area contributed by atoms with E-state index in [0.717, 1.165) is 28.7 Å². The van der Waals surface area contributed by atoms with E-state index in [4.69, 9.17) is 0 Å². The largest absolute Gasteiger partial charge is 0.508 e. The third-order valence-electron chi connectivity index (χ3n) is 6.48. The average molecular weight is 458 g/mol. The van der Waals surface area contributed by atoms with Crippen LogP contribution in [0, 0.1) is 10.8 Å². The van der Waals surface area contributed by atoms with Crippen molar-refractivity contribution in [1.82, 2.24) is 4.90 Å². The first-order chi connectivity index (χ1) is 13.4. The zero-order valence-corrected chi connectivity index (χ0v) is 19.3. The SMILES string of the molecule is CN1C2=C(C(=O)CC(C)(C)C2)C(c2cc(Br)ccc2O)C2=C1CC(C)(C)CC2=O. The lowest BCUT2D eigenvalue weighted by molar-refractivity contribution is -0.119. The summed E-state index contributed by atoms with van der Waals surface area (Å²) in [6, 6.07) is 5.25. The Bertz CT molecular complexity index is 945. The molecule has 0 spiro atoms. The van der Waals surface area contributed by atoms with E-state index in [-0.39, 0.29) is 28.1 Å². The number of halogens is 1. The van der Waals surface area contributed by atoms with Crippen molar-refractivity contribution in [1.29, 1.82) is 0 Å². The highest BCUT2D eigenvalue weighted by Crippen LogP contribution is 2.55. The molecular weight excluding hydrogens is 430 g/mol. The maximum atomic E-state index is 13.4. The van der Waals surface area contributed by atoms with Crippen molar-refractivity contribution in [3.05, 3.63) is 50.8 Å². The third-order valence-corrected chi connectivity index (χ3v) is 6.97. The Hall–Kier alpha value is -1.88. The summed E-state index contributed by atoms with van der Waals surface area (Å²) in [5.74, 6) is -0.217. The fourth-order valence-electron chi connectivity index (χ4n) is 5.23. The molecule has 2 aliphatic carbocycles. The lowest BCUT2D eigenvalue weighted by atomic mass is 9.63. The minimum atomic E-state index is -0.499. The van der Waals surface area contributed by atoms with Gasteiger partial charge in [-0.2, -0.15) is 0 Å². The molecule has 1 aliphatic heterocycles. The van der Waals surface area contributed by atoms with Crippen LogP contribution in [0.25, 0.3) is 0 Å². The van der Waals surface area contributed by atoms with E-state index in [1.165, 1.54) is 0 Å². The molecule has 0 saturated carbocycles. The van der Waals surface area contributed by atoms with Gasteiger partial charge in [-0.1, -0.05) is 43.6 Å². The summed E-state index contributed by atoms with van der Waals surface area (Å²) >= 11 is 3.49. The molecule has 0 fully saturated rings. The van der Waals surface area contributed by atoms with Crippen molar-refractivity contribution in [2.45, 2.75) is 59.3 Å². The number of rotatable bonds is 1. The van der Waals surface area contributed by atoms with Crippen molar-refractivity contribution in [3.63, 3.8) is 0 Å². The van der Waals surface area contributed by atoms with Crippen molar-refractivity contribution in [2.24, 2.45) is 10.8 Å². The van der Waals surface area contributed by atoms with E-state index in [2.05, 4.69) is 48.5 Å². The van der Waals surface area contributed by atoms with E-state index in [1.54, 1.807) is 12.1 Å². The first-order valence-electron chi connectivity index (χ1n) is 10.1. The monoisotopic (exact) mass is 457 g/mol. The van der Waals surface area contributed by atoms with E-state index in [9.17, 15) is 14.7 Å². The van der Waals surface area contributed by atoms with Crippen LogP contribution in [0.4, 0.5) is 0 Å². The number of ketones is 2. The average Bonchev–Trinajstić information content (AvgIpc) is 2.57. The predicted octanol–water partition coefficient (Wildman–Crippen LogP) is 5.47. The second-order valence-corrected chi connectivity index (χ2v) is 11.2. The number of hydrogen-bond acceptors (Lipinski definition) is 4. The minimum Gasteiger partial charge on any atom is -0.508 e. The fraction of sp³-hybridized carbons (Fsp3) is 0.500. The number of phenols is 1. The number of carbonyl (C=O) groups is 2. The van der Waals surface area contributed by atoms with Gasteiger partial charge >= 0.3 is 0 Å². The van der Waals surface area contributed by atoms with Gasteiger partial charge in [-0.05, 0) is 41.9 Å². The van der Waals surface area contributed by atoms with Crippen molar-refractivity contribution >= 4 is 27.5 Å². The van der Waals surface area contributed by atoms with Crippen LogP contribution in [-0.4, -0.2) is 28.6 Å². The Morgan fingerprint density at radius 1 is 0.931 bits per heavy atom. The molecule has 29 heavy (non-hydrogen) atoms. The lowest BCUT2D eigenvalue weighted by Crippen LogP contribution is -2.43. The highest BCUT2D eigenvalue weighted by molar-refractivity contribution is 9.10. The van der Waals surface area contributed by atoms with Gasteiger partial charge in [0.15, 0.2) is 11.6 Å². The van der Waals surface area contributed by atoms with Gasteiger partial charge in [-0.25, -0.2) is 0 Å². The number of Topliss-reactive ketones (excluding diaryl/α,β-unsaturated/α-hetero) is 2. The number of aromatic hydroxyl groups is 1. The molecule has 154 valence electrons.